The lowest BCUT2D eigenvalue weighted by Crippen LogP contribution is -2.53. The summed E-state index contributed by atoms with van der Waals surface area (Å²) in [6, 6.07) is 21.9. The van der Waals surface area contributed by atoms with Crippen molar-refractivity contribution in [1.82, 2.24) is 10.2 Å². The molecule has 3 rings (SSSR count). The van der Waals surface area contributed by atoms with Crippen LogP contribution in [0.15, 0.2) is 72.8 Å². The van der Waals surface area contributed by atoms with E-state index < -0.39 is 6.04 Å². The van der Waals surface area contributed by atoms with Gasteiger partial charge in [-0.25, -0.2) is 0 Å². The molecule has 7 heteroatoms. The minimum atomic E-state index is -0.759. The van der Waals surface area contributed by atoms with Gasteiger partial charge in [0.25, 0.3) is 5.91 Å². The first-order chi connectivity index (χ1) is 18.5. The molecule has 0 heterocycles. The molecule has 3 aromatic rings. The second kappa shape index (κ2) is 13.9. The molecule has 0 aliphatic rings. The first-order valence-corrected chi connectivity index (χ1v) is 14.0. The summed E-state index contributed by atoms with van der Waals surface area (Å²) in [5, 5.41) is 3.89. The lowest BCUT2D eigenvalue weighted by Gasteiger charge is -2.32. The van der Waals surface area contributed by atoms with Crippen molar-refractivity contribution in [1.29, 1.82) is 0 Å². The molecule has 0 spiro atoms. The molecule has 3 aromatic carbocycles. The van der Waals surface area contributed by atoms with Crippen molar-refractivity contribution in [3.05, 3.63) is 99.5 Å². The molecule has 0 fully saturated rings. The first-order valence-electron chi connectivity index (χ1n) is 13.3. The number of hydrogen-bond donors (Lipinski definition) is 1. The topological polar surface area (TPSA) is 58.6 Å². The van der Waals surface area contributed by atoms with Crippen molar-refractivity contribution >= 4 is 35.0 Å². The first kappa shape index (κ1) is 30.5. The van der Waals surface area contributed by atoms with E-state index in [-0.39, 0.29) is 36.4 Å². The number of hydrogen-bond acceptors (Lipinski definition) is 3. The molecular weight excluding hydrogens is 531 g/mol. The molecular formula is C32H38Cl2N2O3. The summed E-state index contributed by atoms with van der Waals surface area (Å²) in [4.78, 5) is 29.1. The van der Waals surface area contributed by atoms with Gasteiger partial charge in [-0.2, -0.15) is 0 Å². The van der Waals surface area contributed by atoms with Crippen LogP contribution in [0, 0.1) is 0 Å². The molecule has 5 nitrogen and oxygen atoms in total. The number of rotatable bonds is 11. The number of amides is 2. The molecule has 1 N–H and O–H groups in total. The Bertz CT molecular complexity index is 1260. The number of carbonyl (C=O) groups is 2. The van der Waals surface area contributed by atoms with Gasteiger partial charge in [0, 0.05) is 19.0 Å². The summed E-state index contributed by atoms with van der Waals surface area (Å²) in [7, 11) is 0. The van der Waals surface area contributed by atoms with Crippen LogP contribution in [0.3, 0.4) is 0 Å². The Morgan fingerprint density at radius 2 is 1.59 bits per heavy atom. The highest BCUT2D eigenvalue weighted by atomic mass is 35.5. The van der Waals surface area contributed by atoms with E-state index in [1.165, 1.54) is 0 Å². The monoisotopic (exact) mass is 568 g/mol. The van der Waals surface area contributed by atoms with Crippen molar-refractivity contribution in [2.45, 2.75) is 71.5 Å². The molecule has 2 atom stereocenters. The normalized spacial score (nSPS) is 12.9. The lowest BCUT2D eigenvalue weighted by molar-refractivity contribution is -0.143. The number of halogens is 2. The van der Waals surface area contributed by atoms with E-state index >= 15 is 0 Å². The van der Waals surface area contributed by atoms with Crippen LogP contribution in [0.4, 0.5) is 0 Å². The zero-order valence-corrected chi connectivity index (χ0v) is 24.9. The quantitative estimate of drug-likeness (QED) is 0.265. The Kier molecular flexibility index (Phi) is 10.8. The van der Waals surface area contributed by atoms with Gasteiger partial charge in [0.05, 0.1) is 10.0 Å². The summed E-state index contributed by atoms with van der Waals surface area (Å²) in [5.74, 6) is 0.137. The van der Waals surface area contributed by atoms with Gasteiger partial charge in [-0.15, -0.1) is 0 Å². The fourth-order valence-electron chi connectivity index (χ4n) is 4.26. The van der Waals surface area contributed by atoms with Crippen molar-refractivity contribution in [3.63, 3.8) is 0 Å². The van der Waals surface area contributed by atoms with Gasteiger partial charge in [0.15, 0.2) is 6.61 Å². The summed E-state index contributed by atoms with van der Waals surface area (Å²) in [6.07, 6.45) is 1.13. The van der Waals surface area contributed by atoms with Crippen molar-refractivity contribution in [3.8, 4) is 5.75 Å². The average Bonchev–Trinajstić information content (AvgIpc) is 2.91. The van der Waals surface area contributed by atoms with Crippen LogP contribution in [0.25, 0.3) is 0 Å². The SMILES string of the molecule is CC[C@@H](C)NC(=O)[C@@H](Cc1ccccc1)N(Cc1ccc(Cl)c(Cl)c1)C(=O)COc1ccccc1C(C)(C)C. The summed E-state index contributed by atoms with van der Waals surface area (Å²) in [5.41, 5.74) is 2.56. The van der Waals surface area contributed by atoms with Gasteiger partial charge in [0.2, 0.25) is 5.91 Å². The Hall–Kier alpha value is -3.02. The van der Waals surface area contributed by atoms with Gasteiger partial charge in [0.1, 0.15) is 11.8 Å². The van der Waals surface area contributed by atoms with Gasteiger partial charge >= 0.3 is 0 Å². The largest absolute Gasteiger partial charge is 0.483 e. The van der Waals surface area contributed by atoms with E-state index in [9.17, 15) is 9.59 Å². The number of ether oxygens (including phenoxy) is 1. The van der Waals surface area contributed by atoms with Gasteiger partial charge in [-0.3, -0.25) is 9.59 Å². The van der Waals surface area contributed by atoms with Crippen LogP contribution >= 0.6 is 23.2 Å². The van der Waals surface area contributed by atoms with Crippen LogP contribution < -0.4 is 10.1 Å². The maximum Gasteiger partial charge on any atom is 0.261 e. The number of carbonyl (C=O) groups excluding carboxylic acids is 2. The average molecular weight is 570 g/mol. The van der Waals surface area contributed by atoms with Crippen molar-refractivity contribution in [2.24, 2.45) is 0 Å². The lowest BCUT2D eigenvalue weighted by atomic mass is 9.86. The van der Waals surface area contributed by atoms with E-state index in [0.717, 1.165) is 23.1 Å². The second-order valence-electron chi connectivity index (χ2n) is 10.8. The third kappa shape index (κ3) is 8.74. The van der Waals surface area contributed by atoms with Crippen LogP contribution in [-0.2, 0) is 28.0 Å². The molecule has 39 heavy (non-hydrogen) atoms. The molecule has 0 aliphatic heterocycles. The van der Waals surface area contributed by atoms with E-state index in [2.05, 4.69) is 26.1 Å². The molecule has 0 aromatic heterocycles. The van der Waals surface area contributed by atoms with E-state index in [1.807, 2.05) is 74.5 Å². The molecule has 2 amide bonds. The Balaban J connectivity index is 1.97. The molecule has 0 bridgehead atoms. The predicted molar refractivity (Wildman–Crippen MR) is 159 cm³/mol. The van der Waals surface area contributed by atoms with E-state index in [0.29, 0.717) is 22.2 Å². The number of nitrogens with zero attached hydrogens (tertiary/aromatic N) is 1. The maximum atomic E-state index is 13.9. The van der Waals surface area contributed by atoms with Crippen LogP contribution in [0.1, 0.15) is 57.7 Å². The van der Waals surface area contributed by atoms with Crippen molar-refractivity contribution < 1.29 is 14.3 Å². The third-order valence-corrected chi connectivity index (χ3v) is 7.39. The fourth-order valence-corrected chi connectivity index (χ4v) is 4.58. The highest BCUT2D eigenvalue weighted by Crippen LogP contribution is 2.31. The van der Waals surface area contributed by atoms with Gasteiger partial charge in [-0.05, 0) is 53.6 Å². The van der Waals surface area contributed by atoms with Crippen LogP contribution in [0.2, 0.25) is 10.0 Å². The fraction of sp³-hybridized carbons (Fsp3) is 0.375. The van der Waals surface area contributed by atoms with E-state index in [1.54, 1.807) is 17.0 Å². The highest BCUT2D eigenvalue weighted by Gasteiger charge is 2.31. The highest BCUT2D eigenvalue weighted by molar-refractivity contribution is 6.42. The summed E-state index contributed by atoms with van der Waals surface area (Å²) in [6.45, 7) is 10.2. The predicted octanol–water partition coefficient (Wildman–Crippen LogP) is 7.22. The molecule has 0 radical (unpaired) electrons. The smallest absolute Gasteiger partial charge is 0.261 e. The summed E-state index contributed by atoms with van der Waals surface area (Å²) >= 11 is 12.4. The third-order valence-electron chi connectivity index (χ3n) is 6.66. The number of para-hydroxylation sites is 1. The Morgan fingerprint density at radius 3 is 2.23 bits per heavy atom. The van der Waals surface area contributed by atoms with Crippen molar-refractivity contribution in [2.75, 3.05) is 6.61 Å². The van der Waals surface area contributed by atoms with Gasteiger partial charge < -0.3 is 15.0 Å². The van der Waals surface area contributed by atoms with Crippen LogP contribution in [-0.4, -0.2) is 35.4 Å². The zero-order chi connectivity index (χ0) is 28.6. The molecule has 0 saturated heterocycles. The molecule has 208 valence electrons. The number of benzene rings is 3. The molecule has 0 aliphatic carbocycles. The Labute approximate surface area is 242 Å². The van der Waals surface area contributed by atoms with Gasteiger partial charge in [-0.1, -0.05) is 105 Å². The molecule has 0 unspecified atom stereocenters. The minimum Gasteiger partial charge on any atom is -0.483 e. The second-order valence-corrected chi connectivity index (χ2v) is 11.6. The van der Waals surface area contributed by atoms with Crippen LogP contribution in [0.5, 0.6) is 5.75 Å². The summed E-state index contributed by atoms with van der Waals surface area (Å²) < 4.78 is 6.10. The minimum absolute atomic E-state index is 0.0346. The maximum absolute atomic E-state index is 13.9. The van der Waals surface area contributed by atoms with E-state index in [4.69, 9.17) is 27.9 Å². The number of nitrogens with one attached hydrogen (secondary N) is 1. The zero-order valence-electron chi connectivity index (χ0n) is 23.3. The molecule has 0 saturated carbocycles. The standard InChI is InChI=1S/C32H38Cl2N2O3/c1-6-22(2)35-31(38)28(19-23-12-8-7-9-13-23)36(20-24-16-17-26(33)27(34)18-24)30(37)21-39-29-15-11-10-14-25(29)32(3,4)5/h7-18,22,28H,6,19-21H2,1-5H3,(H,35,38)/t22-,28-/m1/s1. The Morgan fingerprint density at radius 1 is 0.923 bits per heavy atom.